The van der Waals surface area contributed by atoms with Gasteiger partial charge in [-0.3, -0.25) is 9.48 Å². The Labute approximate surface area is 108 Å². The van der Waals surface area contributed by atoms with Crippen molar-refractivity contribution in [2.45, 2.75) is 46.2 Å². The Bertz CT molecular complexity index is 438. The number of carbonyl (C=O) groups is 1. The number of aromatic nitrogens is 2. The number of nitrogens with zero attached hydrogens (tertiary/aromatic N) is 3. The SMILES string of the molecule is CCn1cc(N)c(C(=O)N2CCCC2C(C)C)n1. The van der Waals surface area contributed by atoms with Crippen molar-refractivity contribution in [2.24, 2.45) is 5.92 Å². The molecule has 2 rings (SSSR count). The molecule has 1 saturated heterocycles. The predicted molar refractivity (Wildman–Crippen MR) is 71.2 cm³/mol. The number of likely N-dealkylation sites (tertiary alicyclic amines) is 1. The first-order valence-electron chi connectivity index (χ1n) is 6.68. The van der Waals surface area contributed by atoms with E-state index in [0.717, 1.165) is 25.9 Å². The summed E-state index contributed by atoms with van der Waals surface area (Å²) in [5, 5.41) is 4.27. The molecule has 0 saturated carbocycles. The van der Waals surface area contributed by atoms with E-state index >= 15 is 0 Å². The second-order valence-electron chi connectivity index (χ2n) is 5.24. The van der Waals surface area contributed by atoms with Gasteiger partial charge in [0, 0.05) is 25.3 Å². The minimum absolute atomic E-state index is 0.0177. The van der Waals surface area contributed by atoms with E-state index in [4.69, 9.17) is 5.73 Å². The van der Waals surface area contributed by atoms with Crippen molar-refractivity contribution in [3.05, 3.63) is 11.9 Å². The van der Waals surface area contributed by atoms with Crippen molar-refractivity contribution in [3.8, 4) is 0 Å². The van der Waals surface area contributed by atoms with Gasteiger partial charge in [-0.2, -0.15) is 5.10 Å². The van der Waals surface area contributed by atoms with E-state index in [2.05, 4.69) is 18.9 Å². The summed E-state index contributed by atoms with van der Waals surface area (Å²) >= 11 is 0. The van der Waals surface area contributed by atoms with E-state index in [9.17, 15) is 4.79 Å². The summed E-state index contributed by atoms with van der Waals surface area (Å²) in [4.78, 5) is 14.4. The molecule has 1 aliphatic heterocycles. The highest BCUT2D eigenvalue weighted by atomic mass is 16.2. The number of anilines is 1. The molecule has 18 heavy (non-hydrogen) atoms. The first kappa shape index (κ1) is 12.9. The minimum atomic E-state index is -0.0177. The van der Waals surface area contributed by atoms with E-state index < -0.39 is 0 Å². The number of hydrogen-bond donors (Lipinski definition) is 1. The molecular formula is C13H22N4O. The zero-order valence-corrected chi connectivity index (χ0v) is 11.4. The molecule has 1 atom stereocenters. The number of amides is 1. The topological polar surface area (TPSA) is 64.2 Å². The average molecular weight is 250 g/mol. The normalized spacial score (nSPS) is 19.8. The quantitative estimate of drug-likeness (QED) is 0.888. The molecule has 2 heterocycles. The second kappa shape index (κ2) is 5.00. The fraction of sp³-hybridized carbons (Fsp3) is 0.692. The smallest absolute Gasteiger partial charge is 0.276 e. The Morgan fingerprint density at radius 1 is 1.61 bits per heavy atom. The largest absolute Gasteiger partial charge is 0.396 e. The third-order valence-corrected chi connectivity index (χ3v) is 3.65. The van der Waals surface area contributed by atoms with Crippen molar-refractivity contribution in [1.82, 2.24) is 14.7 Å². The molecule has 5 nitrogen and oxygen atoms in total. The van der Waals surface area contributed by atoms with Gasteiger partial charge in [-0.25, -0.2) is 0 Å². The Hall–Kier alpha value is -1.52. The molecule has 1 amide bonds. The number of rotatable bonds is 3. The van der Waals surface area contributed by atoms with Crippen molar-refractivity contribution < 1.29 is 4.79 Å². The summed E-state index contributed by atoms with van der Waals surface area (Å²) in [6.45, 7) is 7.84. The lowest BCUT2D eigenvalue weighted by Gasteiger charge is -2.27. The summed E-state index contributed by atoms with van der Waals surface area (Å²) in [6, 6.07) is 0.323. The van der Waals surface area contributed by atoms with Crippen molar-refractivity contribution >= 4 is 11.6 Å². The van der Waals surface area contributed by atoms with Crippen LogP contribution in [0.2, 0.25) is 0 Å². The summed E-state index contributed by atoms with van der Waals surface area (Å²) in [5.41, 5.74) is 6.77. The standard InChI is InChI=1S/C13H22N4O/c1-4-16-8-10(14)12(15-16)13(18)17-7-5-6-11(17)9(2)3/h8-9,11H,4-7,14H2,1-3H3. The summed E-state index contributed by atoms with van der Waals surface area (Å²) in [5.74, 6) is 0.460. The van der Waals surface area contributed by atoms with Crippen LogP contribution in [0.25, 0.3) is 0 Å². The highest BCUT2D eigenvalue weighted by Crippen LogP contribution is 2.26. The van der Waals surface area contributed by atoms with Gasteiger partial charge >= 0.3 is 0 Å². The molecule has 0 bridgehead atoms. The molecule has 1 unspecified atom stereocenters. The second-order valence-corrected chi connectivity index (χ2v) is 5.24. The summed E-state index contributed by atoms with van der Waals surface area (Å²) in [6.07, 6.45) is 3.88. The Morgan fingerprint density at radius 3 is 2.89 bits per heavy atom. The van der Waals surface area contributed by atoms with Gasteiger partial charge in [0.05, 0.1) is 5.69 Å². The van der Waals surface area contributed by atoms with E-state index in [1.807, 2.05) is 11.8 Å². The summed E-state index contributed by atoms with van der Waals surface area (Å²) in [7, 11) is 0. The van der Waals surface area contributed by atoms with E-state index in [-0.39, 0.29) is 5.91 Å². The van der Waals surface area contributed by atoms with Gasteiger partial charge in [-0.05, 0) is 25.7 Å². The van der Waals surface area contributed by atoms with Gasteiger partial charge in [0.25, 0.3) is 5.91 Å². The zero-order chi connectivity index (χ0) is 13.3. The van der Waals surface area contributed by atoms with Crippen molar-refractivity contribution in [1.29, 1.82) is 0 Å². The van der Waals surface area contributed by atoms with Crippen LogP contribution in [-0.2, 0) is 6.54 Å². The molecule has 2 N–H and O–H groups in total. The van der Waals surface area contributed by atoms with E-state index in [1.165, 1.54) is 0 Å². The van der Waals surface area contributed by atoms with Gasteiger partial charge in [0.1, 0.15) is 0 Å². The number of hydrogen-bond acceptors (Lipinski definition) is 3. The molecule has 1 aromatic rings. The van der Waals surface area contributed by atoms with Gasteiger partial charge in [-0.1, -0.05) is 13.8 Å². The third kappa shape index (κ3) is 2.21. The number of aryl methyl sites for hydroxylation is 1. The Balaban J connectivity index is 2.22. The summed E-state index contributed by atoms with van der Waals surface area (Å²) < 4.78 is 1.71. The van der Waals surface area contributed by atoms with Crippen LogP contribution in [0.15, 0.2) is 6.20 Å². The fourth-order valence-electron chi connectivity index (χ4n) is 2.64. The zero-order valence-electron chi connectivity index (χ0n) is 11.4. The van der Waals surface area contributed by atoms with Gasteiger partial charge in [-0.15, -0.1) is 0 Å². The number of carbonyl (C=O) groups excluding carboxylic acids is 1. The highest BCUT2D eigenvalue weighted by Gasteiger charge is 2.33. The van der Waals surface area contributed by atoms with Crippen LogP contribution in [0.5, 0.6) is 0 Å². The number of nitrogen functional groups attached to an aromatic ring is 1. The van der Waals surface area contributed by atoms with Crippen LogP contribution in [0.3, 0.4) is 0 Å². The van der Waals surface area contributed by atoms with Gasteiger partial charge in [0.15, 0.2) is 5.69 Å². The molecule has 0 aliphatic carbocycles. The first-order chi connectivity index (χ1) is 8.54. The molecule has 0 spiro atoms. The maximum atomic E-state index is 12.5. The molecule has 0 aromatic carbocycles. The van der Waals surface area contributed by atoms with Crippen LogP contribution >= 0.6 is 0 Å². The lowest BCUT2D eigenvalue weighted by Crippen LogP contribution is -2.39. The lowest BCUT2D eigenvalue weighted by molar-refractivity contribution is 0.0695. The lowest BCUT2D eigenvalue weighted by atomic mass is 10.0. The maximum absolute atomic E-state index is 12.5. The van der Waals surface area contributed by atoms with Crippen LogP contribution in [0.1, 0.15) is 44.1 Å². The van der Waals surface area contributed by atoms with Crippen LogP contribution in [0.4, 0.5) is 5.69 Å². The van der Waals surface area contributed by atoms with Crippen LogP contribution in [-0.4, -0.2) is 33.2 Å². The van der Waals surface area contributed by atoms with Crippen LogP contribution < -0.4 is 5.73 Å². The molecule has 1 fully saturated rings. The number of nitrogens with two attached hydrogens (primary N) is 1. The molecule has 1 aromatic heterocycles. The van der Waals surface area contributed by atoms with E-state index in [0.29, 0.717) is 23.3 Å². The minimum Gasteiger partial charge on any atom is -0.396 e. The predicted octanol–water partition coefficient (Wildman–Crippen LogP) is 1.75. The van der Waals surface area contributed by atoms with Crippen molar-refractivity contribution in [2.75, 3.05) is 12.3 Å². The van der Waals surface area contributed by atoms with Crippen molar-refractivity contribution in [3.63, 3.8) is 0 Å². The molecular weight excluding hydrogens is 228 g/mol. The van der Waals surface area contributed by atoms with E-state index in [1.54, 1.807) is 10.9 Å². The molecule has 0 radical (unpaired) electrons. The maximum Gasteiger partial charge on any atom is 0.276 e. The fourth-order valence-corrected chi connectivity index (χ4v) is 2.64. The Morgan fingerprint density at radius 2 is 2.33 bits per heavy atom. The average Bonchev–Trinajstić information content (AvgIpc) is 2.94. The first-order valence-corrected chi connectivity index (χ1v) is 6.68. The van der Waals surface area contributed by atoms with Gasteiger partial charge < -0.3 is 10.6 Å². The monoisotopic (exact) mass is 250 g/mol. The van der Waals surface area contributed by atoms with Crippen LogP contribution in [0, 0.1) is 5.92 Å². The Kier molecular flexibility index (Phi) is 3.59. The molecule has 100 valence electrons. The highest BCUT2D eigenvalue weighted by molar-refractivity contribution is 5.97. The van der Waals surface area contributed by atoms with Gasteiger partial charge in [0.2, 0.25) is 0 Å². The molecule has 1 aliphatic rings. The third-order valence-electron chi connectivity index (χ3n) is 3.65. The molecule has 5 heteroatoms.